The second-order valence-electron chi connectivity index (χ2n) is 6.30. The molecule has 1 saturated heterocycles. The lowest BCUT2D eigenvalue weighted by atomic mass is 10.1. The van der Waals surface area contributed by atoms with Crippen LogP contribution in [0.5, 0.6) is 0 Å². The molecule has 0 radical (unpaired) electrons. The minimum Gasteiger partial charge on any atom is -0.444 e. The molecule has 3 heterocycles. The van der Waals surface area contributed by atoms with Crippen LogP contribution in [0.2, 0.25) is 0 Å². The zero-order valence-electron chi connectivity index (χ0n) is 14.2. The summed E-state index contributed by atoms with van der Waals surface area (Å²) in [6, 6.07) is 3.62. The lowest BCUT2D eigenvalue weighted by molar-refractivity contribution is -0.132. The largest absolute Gasteiger partial charge is 0.444 e. The molecule has 25 heavy (non-hydrogen) atoms. The van der Waals surface area contributed by atoms with Crippen LogP contribution in [0.15, 0.2) is 28.2 Å². The van der Waals surface area contributed by atoms with Crippen LogP contribution in [0, 0.1) is 0 Å². The Bertz CT molecular complexity index is 812. The van der Waals surface area contributed by atoms with Crippen molar-refractivity contribution in [1.82, 2.24) is 9.88 Å². The number of nitrogens with zero attached hydrogens (tertiary/aromatic N) is 2. The van der Waals surface area contributed by atoms with E-state index in [1.807, 2.05) is 17.5 Å². The van der Waals surface area contributed by atoms with E-state index in [-0.39, 0.29) is 29.9 Å². The maximum Gasteiger partial charge on any atom is 0.236 e. The number of hydrogen-bond acceptors (Lipinski definition) is 6. The highest BCUT2D eigenvalue weighted by Gasteiger charge is 2.34. The third-order valence-electron chi connectivity index (χ3n) is 4.34. The quantitative estimate of drug-likeness (QED) is 0.735. The molecule has 8 heteroatoms. The first-order valence-corrected chi connectivity index (χ1v) is 11.2. The van der Waals surface area contributed by atoms with Gasteiger partial charge in [0.15, 0.2) is 9.84 Å². The van der Waals surface area contributed by atoms with Crippen molar-refractivity contribution in [2.75, 3.05) is 18.1 Å². The molecule has 0 aromatic carbocycles. The molecule has 0 bridgehead atoms. The Labute approximate surface area is 151 Å². The summed E-state index contributed by atoms with van der Waals surface area (Å²) in [5, 5.41) is 1.94. The zero-order chi connectivity index (χ0) is 17.9. The van der Waals surface area contributed by atoms with Crippen molar-refractivity contribution in [1.29, 1.82) is 0 Å². The molecule has 1 fully saturated rings. The third-order valence-corrected chi connectivity index (χ3v) is 6.95. The summed E-state index contributed by atoms with van der Waals surface area (Å²) in [7, 11) is -3.02. The van der Waals surface area contributed by atoms with Crippen molar-refractivity contribution in [3.8, 4) is 10.8 Å². The number of carbonyl (C=O) groups is 1. The molecule has 1 aliphatic heterocycles. The van der Waals surface area contributed by atoms with Crippen molar-refractivity contribution >= 4 is 27.1 Å². The van der Waals surface area contributed by atoms with Crippen LogP contribution in [-0.4, -0.2) is 48.3 Å². The van der Waals surface area contributed by atoms with Gasteiger partial charge in [-0.25, -0.2) is 13.4 Å². The van der Waals surface area contributed by atoms with Crippen molar-refractivity contribution in [3.05, 3.63) is 29.5 Å². The Morgan fingerprint density at radius 3 is 2.96 bits per heavy atom. The summed E-state index contributed by atoms with van der Waals surface area (Å²) in [6.45, 7) is 2.64. The van der Waals surface area contributed by atoms with Crippen LogP contribution in [0.4, 0.5) is 0 Å². The fourth-order valence-electron chi connectivity index (χ4n) is 3.02. The molecule has 136 valence electrons. The Balaban J connectivity index is 1.70. The van der Waals surface area contributed by atoms with E-state index in [0.29, 0.717) is 24.6 Å². The average molecular weight is 383 g/mol. The lowest BCUT2D eigenvalue weighted by Gasteiger charge is -2.28. The predicted molar refractivity (Wildman–Crippen MR) is 97.2 cm³/mol. The molecule has 1 aliphatic rings. The van der Waals surface area contributed by atoms with Gasteiger partial charge in [-0.3, -0.25) is 4.79 Å². The van der Waals surface area contributed by atoms with E-state index in [1.165, 1.54) is 17.6 Å². The fourth-order valence-corrected chi connectivity index (χ4v) is 5.40. The number of thiophene rings is 1. The molecule has 0 saturated carbocycles. The molecule has 1 unspecified atom stereocenters. The minimum atomic E-state index is -3.02. The number of unbranched alkanes of at least 4 members (excludes halogenated alkanes) is 1. The van der Waals surface area contributed by atoms with Gasteiger partial charge in [0, 0.05) is 12.6 Å². The molecule has 0 N–H and O–H groups in total. The first kappa shape index (κ1) is 18.1. The molecule has 0 aliphatic carbocycles. The van der Waals surface area contributed by atoms with E-state index in [9.17, 15) is 13.2 Å². The summed E-state index contributed by atoms with van der Waals surface area (Å²) >= 11 is 1.53. The highest BCUT2D eigenvalue weighted by Crippen LogP contribution is 2.24. The summed E-state index contributed by atoms with van der Waals surface area (Å²) in [6.07, 6.45) is 3.99. The van der Waals surface area contributed by atoms with Crippen LogP contribution < -0.4 is 0 Å². The number of aromatic nitrogens is 1. The monoisotopic (exact) mass is 382 g/mol. The lowest BCUT2D eigenvalue weighted by Crippen LogP contribution is -2.42. The fraction of sp³-hybridized carbons (Fsp3) is 0.529. The van der Waals surface area contributed by atoms with Crippen molar-refractivity contribution in [2.24, 2.45) is 0 Å². The topological polar surface area (TPSA) is 80.5 Å². The van der Waals surface area contributed by atoms with Gasteiger partial charge in [-0.15, -0.1) is 11.3 Å². The molecule has 6 nitrogen and oxygen atoms in total. The Morgan fingerprint density at radius 2 is 2.32 bits per heavy atom. The highest BCUT2D eigenvalue weighted by molar-refractivity contribution is 7.91. The van der Waals surface area contributed by atoms with Crippen molar-refractivity contribution in [3.63, 3.8) is 0 Å². The summed E-state index contributed by atoms with van der Waals surface area (Å²) in [5.74, 6) is 0.671. The average Bonchev–Trinajstić information content (AvgIpc) is 3.28. The van der Waals surface area contributed by atoms with Gasteiger partial charge < -0.3 is 9.32 Å². The SMILES string of the molecule is CCCCN(C(=O)Cc1coc(-c2cccs2)n1)C1CCS(=O)(=O)C1. The molecule has 1 amide bonds. The summed E-state index contributed by atoms with van der Waals surface area (Å²) < 4.78 is 29.0. The number of hydrogen-bond donors (Lipinski definition) is 0. The summed E-state index contributed by atoms with van der Waals surface area (Å²) in [5.41, 5.74) is 0.579. The van der Waals surface area contributed by atoms with E-state index in [0.717, 1.165) is 17.7 Å². The number of rotatable bonds is 7. The van der Waals surface area contributed by atoms with Gasteiger partial charge in [0.2, 0.25) is 11.8 Å². The van der Waals surface area contributed by atoms with E-state index in [1.54, 1.807) is 4.90 Å². The maximum atomic E-state index is 12.8. The van der Waals surface area contributed by atoms with Gasteiger partial charge in [0.1, 0.15) is 6.26 Å². The third kappa shape index (κ3) is 4.49. The van der Waals surface area contributed by atoms with E-state index in [4.69, 9.17) is 4.42 Å². The molecule has 3 rings (SSSR count). The van der Waals surface area contributed by atoms with Gasteiger partial charge >= 0.3 is 0 Å². The zero-order valence-corrected chi connectivity index (χ0v) is 15.8. The van der Waals surface area contributed by atoms with Gasteiger partial charge in [0.25, 0.3) is 0 Å². The van der Waals surface area contributed by atoms with Crippen LogP contribution in [0.3, 0.4) is 0 Å². The molecule has 0 spiro atoms. The number of oxazole rings is 1. The second-order valence-corrected chi connectivity index (χ2v) is 9.47. The summed E-state index contributed by atoms with van der Waals surface area (Å²) in [4.78, 5) is 19.8. The van der Waals surface area contributed by atoms with Crippen LogP contribution in [0.25, 0.3) is 10.8 Å². The molecule has 1 atom stereocenters. The van der Waals surface area contributed by atoms with Crippen molar-refractivity contribution < 1.29 is 17.6 Å². The van der Waals surface area contributed by atoms with Crippen molar-refractivity contribution in [2.45, 2.75) is 38.6 Å². The van der Waals surface area contributed by atoms with E-state index < -0.39 is 9.84 Å². The number of amides is 1. The van der Waals surface area contributed by atoms with E-state index >= 15 is 0 Å². The van der Waals surface area contributed by atoms with Gasteiger partial charge in [-0.1, -0.05) is 19.4 Å². The Hall–Kier alpha value is -1.67. The maximum absolute atomic E-state index is 12.8. The second kappa shape index (κ2) is 7.70. The van der Waals surface area contributed by atoms with Gasteiger partial charge in [-0.05, 0) is 24.3 Å². The van der Waals surface area contributed by atoms with Gasteiger partial charge in [-0.2, -0.15) is 0 Å². The molecular formula is C17H22N2O4S2. The molecular weight excluding hydrogens is 360 g/mol. The standard InChI is InChI=1S/C17H22N2O4S2/c1-2-3-7-19(14-6-9-25(21,22)12-14)16(20)10-13-11-23-17(18-13)15-5-4-8-24-15/h4-5,8,11,14H,2-3,6-7,9-10,12H2,1H3. The van der Waals surface area contributed by atoms with E-state index in [2.05, 4.69) is 11.9 Å². The van der Waals surface area contributed by atoms with Gasteiger partial charge in [0.05, 0.1) is 28.5 Å². The minimum absolute atomic E-state index is 0.0711. The first-order valence-electron chi connectivity index (χ1n) is 8.46. The smallest absolute Gasteiger partial charge is 0.236 e. The number of carbonyl (C=O) groups excluding carboxylic acids is 1. The van der Waals surface area contributed by atoms with Crippen LogP contribution in [0.1, 0.15) is 31.9 Å². The first-order chi connectivity index (χ1) is 12.0. The van der Waals surface area contributed by atoms with Crippen LogP contribution in [-0.2, 0) is 21.1 Å². The predicted octanol–water partition coefficient (Wildman–Crippen LogP) is 2.76. The Morgan fingerprint density at radius 1 is 1.48 bits per heavy atom. The number of sulfone groups is 1. The molecule has 2 aromatic heterocycles. The Kier molecular flexibility index (Phi) is 5.58. The normalized spacial score (nSPS) is 19.2. The molecule has 2 aromatic rings. The highest BCUT2D eigenvalue weighted by atomic mass is 32.2. The van der Waals surface area contributed by atoms with Crippen LogP contribution >= 0.6 is 11.3 Å².